The van der Waals surface area contributed by atoms with Crippen LogP contribution in [0.1, 0.15) is 50.3 Å². The highest BCUT2D eigenvalue weighted by Gasteiger charge is 2.32. The topological polar surface area (TPSA) is 21.3 Å². The van der Waals surface area contributed by atoms with Gasteiger partial charge in [0.25, 0.3) is 0 Å². The molecule has 0 bridgehead atoms. The van der Waals surface area contributed by atoms with E-state index in [0.717, 1.165) is 25.1 Å². The molecule has 0 aromatic heterocycles. The Hall–Kier alpha value is -1.02. The summed E-state index contributed by atoms with van der Waals surface area (Å²) in [6.07, 6.45) is 3.76. The number of benzene rings is 1. The van der Waals surface area contributed by atoms with Crippen molar-refractivity contribution in [2.75, 3.05) is 6.54 Å². The van der Waals surface area contributed by atoms with Crippen LogP contribution < -0.4 is 10.1 Å². The summed E-state index contributed by atoms with van der Waals surface area (Å²) in [5, 5.41) is 3.62. The maximum Gasteiger partial charge on any atom is 0.124 e. The first-order chi connectivity index (χ1) is 8.26. The Bertz CT molecular complexity index is 375. The monoisotopic (exact) mass is 233 g/mol. The van der Waals surface area contributed by atoms with Crippen LogP contribution in [-0.2, 0) is 0 Å². The molecule has 1 heterocycles. The van der Waals surface area contributed by atoms with Crippen molar-refractivity contribution < 1.29 is 4.74 Å². The fourth-order valence-electron chi connectivity index (χ4n) is 2.50. The van der Waals surface area contributed by atoms with Crippen LogP contribution >= 0.6 is 0 Å². The number of nitrogens with one attached hydrogen (secondary N) is 1. The fraction of sp³-hybridized carbons (Fsp3) is 0.600. The lowest BCUT2D eigenvalue weighted by molar-refractivity contribution is 0.178. The molecule has 1 N–H and O–H groups in total. The molecule has 1 aliphatic rings. The van der Waals surface area contributed by atoms with Gasteiger partial charge in [-0.1, -0.05) is 38.0 Å². The average molecular weight is 233 g/mol. The van der Waals surface area contributed by atoms with Crippen LogP contribution in [0.2, 0.25) is 0 Å². The van der Waals surface area contributed by atoms with Gasteiger partial charge in [0.2, 0.25) is 0 Å². The summed E-state index contributed by atoms with van der Waals surface area (Å²) >= 11 is 0. The number of hydrogen-bond acceptors (Lipinski definition) is 2. The number of fused-ring (bicyclic) bond motifs is 1. The van der Waals surface area contributed by atoms with E-state index < -0.39 is 0 Å². The van der Waals surface area contributed by atoms with E-state index >= 15 is 0 Å². The van der Waals surface area contributed by atoms with E-state index in [1.807, 2.05) is 0 Å². The minimum absolute atomic E-state index is 0.309. The van der Waals surface area contributed by atoms with Crippen LogP contribution in [0.3, 0.4) is 0 Å². The first-order valence-corrected chi connectivity index (χ1v) is 6.76. The molecule has 0 amide bonds. The molecular formula is C15H23NO. The molecule has 1 aliphatic heterocycles. The van der Waals surface area contributed by atoms with Gasteiger partial charge in [-0.25, -0.2) is 0 Å². The van der Waals surface area contributed by atoms with Gasteiger partial charge in [0.15, 0.2) is 0 Å². The normalized spacial score (nSPS) is 22.3. The third-order valence-corrected chi connectivity index (χ3v) is 3.34. The van der Waals surface area contributed by atoms with Crippen molar-refractivity contribution in [3.8, 4) is 5.75 Å². The van der Waals surface area contributed by atoms with E-state index in [1.165, 1.54) is 17.5 Å². The van der Waals surface area contributed by atoms with E-state index in [4.69, 9.17) is 4.74 Å². The van der Waals surface area contributed by atoms with Gasteiger partial charge >= 0.3 is 0 Å². The highest BCUT2D eigenvalue weighted by atomic mass is 16.5. The lowest BCUT2D eigenvalue weighted by Crippen LogP contribution is -2.31. The molecule has 0 saturated heterocycles. The summed E-state index contributed by atoms with van der Waals surface area (Å²) < 4.78 is 6.05. The predicted octanol–water partition coefficient (Wildman–Crippen LogP) is 3.60. The van der Waals surface area contributed by atoms with Crippen LogP contribution in [-0.4, -0.2) is 12.6 Å². The van der Waals surface area contributed by atoms with E-state index in [9.17, 15) is 0 Å². The molecule has 0 radical (unpaired) electrons. The molecule has 0 saturated carbocycles. The SMILES string of the molecule is CCCNC1c2cc(C)ccc2OC1CCC. The predicted molar refractivity (Wildman–Crippen MR) is 71.5 cm³/mol. The van der Waals surface area contributed by atoms with Gasteiger partial charge < -0.3 is 10.1 Å². The standard InChI is InChI=1S/C15H23NO/c1-4-6-14-15(16-9-5-2)12-10-11(3)7-8-13(12)17-14/h7-8,10,14-16H,4-6,9H2,1-3H3. The number of hydrogen-bond donors (Lipinski definition) is 1. The summed E-state index contributed by atoms with van der Waals surface area (Å²) in [4.78, 5) is 0. The zero-order valence-corrected chi connectivity index (χ0v) is 11.1. The van der Waals surface area contributed by atoms with Crippen molar-refractivity contribution in [1.82, 2.24) is 5.32 Å². The fourth-order valence-corrected chi connectivity index (χ4v) is 2.50. The lowest BCUT2D eigenvalue weighted by Gasteiger charge is -2.19. The summed E-state index contributed by atoms with van der Waals surface area (Å²) in [7, 11) is 0. The lowest BCUT2D eigenvalue weighted by atomic mass is 9.99. The van der Waals surface area contributed by atoms with Gasteiger partial charge in [0.1, 0.15) is 11.9 Å². The molecular weight excluding hydrogens is 210 g/mol. The quantitative estimate of drug-likeness (QED) is 0.839. The molecule has 1 aromatic carbocycles. The molecule has 17 heavy (non-hydrogen) atoms. The molecule has 0 aliphatic carbocycles. The second kappa shape index (κ2) is 5.54. The van der Waals surface area contributed by atoms with Crippen molar-refractivity contribution >= 4 is 0 Å². The van der Waals surface area contributed by atoms with E-state index in [0.29, 0.717) is 12.1 Å². The van der Waals surface area contributed by atoms with Crippen molar-refractivity contribution in [2.24, 2.45) is 0 Å². The Morgan fingerprint density at radius 2 is 2.06 bits per heavy atom. The second-order valence-electron chi connectivity index (χ2n) is 4.92. The third-order valence-electron chi connectivity index (χ3n) is 3.34. The number of ether oxygens (including phenoxy) is 1. The van der Waals surface area contributed by atoms with Crippen LogP contribution in [0.5, 0.6) is 5.75 Å². The molecule has 2 nitrogen and oxygen atoms in total. The van der Waals surface area contributed by atoms with Crippen molar-refractivity contribution in [3.05, 3.63) is 29.3 Å². The maximum atomic E-state index is 6.05. The molecule has 2 unspecified atom stereocenters. The second-order valence-corrected chi connectivity index (χ2v) is 4.92. The third kappa shape index (κ3) is 2.63. The number of rotatable bonds is 5. The first kappa shape index (κ1) is 12.4. The highest BCUT2D eigenvalue weighted by Crippen LogP contribution is 2.38. The molecule has 2 heteroatoms. The Kier molecular flexibility index (Phi) is 4.06. The minimum Gasteiger partial charge on any atom is -0.488 e. The van der Waals surface area contributed by atoms with Gasteiger partial charge in [-0.3, -0.25) is 0 Å². The van der Waals surface area contributed by atoms with Crippen LogP contribution in [0.4, 0.5) is 0 Å². The Balaban J connectivity index is 2.20. The van der Waals surface area contributed by atoms with Gasteiger partial charge in [0.05, 0.1) is 6.04 Å². The first-order valence-electron chi connectivity index (χ1n) is 6.76. The Morgan fingerprint density at radius 1 is 1.24 bits per heavy atom. The smallest absolute Gasteiger partial charge is 0.124 e. The Labute approximate surface area is 104 Å². The van der Waals surface area contributed by atoms with Gasteiger partial charge in [0, 0.05) is 5.56 Å². The Morgan fingerprint density at radius 3 is 2.76 bits per heavy atom. The van der Waals surface area contributed by atoms with Crippen molar-refractivity contribution in [2.45, 2.75) is 52.2 Å². The largest absolute Gasteiger partial charge is 0.488 e. The summed E-state index contributed by atoms with van der Waals surface area (Å²) in [6, 6.07) is 6.88. The van der Waals surface area contributed by atoms with E-state index in [-0.39, 0.29) is 0 Å². The van der Waals surface area contributed by atoms with Gasteiger partial charge in [-0.05, 0) is 32.4 Å². The molecule has 0 fully saturated rings. The van der Waals surface area contributed by atoms with Crippen LogP contribution in [0.15, 0.2) is 18.2 Å². The zero-order valence-electron chi connectivity index (χ0n) is 11.1. The van der Waals surface area contributed by atoms with Gasteiger partial charge in [-0.2, -0.15) is 0 Å². The highest BCUT2D eigenvalue weighted by molar-refractivity contribution is 5.43. The van der Waals surface area contributed by atoms with Crippen LogP contribution in [0, 0.1) is 6.92 Å². The molecule has 0 spiro atoms. The zero-order chi connectivity index (χ0) is 12.3. The molecule has 1 aromatic rings. The molecule has 2 rings (SSSR count). The summed E-state index contributed by atoms with van der Waals surface area (Å²) in [5.74, 6) is 1.07. The summed E-state index contributed by atoms with van der Waals surface area (Å²) in [6.45, 7) is 7.62. The van der Waals surface area contributed by atoms with Gasteiger partial charge in [-0.15, -0.1) is 0 Å². The van der Waals surface area contributed by atoms with E-state index in [2.05, 4.69) is 44.3 Å². The average Bonchev–Trinajstić information content (AvgIpc) is 2.64. The minimum atomic E-state index is 0.309. The van der Waals surface area contributed by atoms with Crippen molar-refractivity contribution in [3.63, 3.8) is 0 Å². The summed E-state index contributed by atoms with van der Waals surface area (Å²) in [5.41, 5.74) is 2.66. The van der Waals surface area contributed by atoms with Crippen LogP contribution in [0.25, 0.3) is 0 Å². The number of aryl methyl sites for hydroxylation is 1. The van der Waals surface area contributed by atoms with Crippen molar-refractivity contribution in [1.29, 1.82) is 0 Å². The molecule has 2 atom stereocenters. The molecule has 94 valence electrons. The maximum absolute atomic E-state index is 6.05. The van der Waals surface area contributed by atoms with E-state index in [1.54, 1.807) is 0 Å².